The van der Waals surface area contributed by atoms with Crippen LogP contribution in [0.5, 0.6) is 5.75 Å². The maximum Gasteiger partial charge on any atom is 0.211 e. The Morgan fingerprint density at radius 2 is 1.15 bits per heavy atom. The Bertz CT molecular complexity index is 1700. The molecule has 2 aliphatic heterocycles. The van der Waals surface area contributed by atoms with E-state index in [1.54, 1.807) is 0 Å². The summed E-state index contributed by atoms with van der Waals surface area (Å²) < 4.78 is 7.06. The molecule has 1 atom stereocenters. The lowest BCUT2D eigenvalue weighted by Crippen LogP contribution is -2.58. The van der Waals surface area contributed by atoms with Gasteiger partial charge in [-0.25, -0.2) is 0 Å². The minimum atomic E-state index is -0.688. The van der Waals surface area contributed by atoms with Gasteiger partial charge in [0.2, 0.25) is 5.72 Å². The highest BCUT2D eigenvalue weighted by molar-refractivity contribution is 6.01. The van der Waals surface area contributed by atoms with Crippen LogP contribution in [0.2, 0.25) is 0 Å². The summed E-state index contributed by atoms with van der Waals surface area (Å²) in [5.74, 6) is 0.915. The maximum absolute atomic E-state index is 7.06. The molecular weight excluding hydrogens is 474 g/mol. The van der Waals surface area contributed by atoms with Crippen LogP contribution >= 0.6 is 0 Å². The molecule has 0 N–H and O–H groups in total. The highest BCUT2D eigenvalue weighted by Gasteiger charge is 2.59. The van der Waals surface area contributed by atoms with Crippen LogP contribution in [-0.4, -0.2) is 12.8 Å². The van der Waals surface area contributed by atoms with Crippen molar-refractivity contribution in [3.63, 3.8) is 0 Å². The number of nitrogens with zero attached hydrogens (tertiary/aromatic N) is 1. The number of anilines is 1. The molecule has 0 saturated carbocycles. The summed E-state index contributed by atoms with van der Waals surface area (Å²) in [5.41, 5.74) is 9.89. The van der Waals surface area contributed by atoms with E-state index in [-0.39, 0.29) is 5.41 Å². The minimum absolute atomic E-state index is 0.370. The summed E-state index contributed by atoms with van der Waals surface area (Å²) >= 11 is 0. The summed E-state index contributed by atoms with van der Waals surface area (Å²) in [4.78, 5) is 2.38. The number of fused-ring (bicyclic) bond motifs is 2. The van der Waals surface area contributed by atoms with Crippen molar-refractivity contribution in [2.45, 2.75) is 25.0 Å². The van der Waals surface area contributed by atoms with E-state index in [9.17, 15) is 0 Å². The van der Waals surface area contributed by atoms with E-state index >= 15 is 0 Å². The van der Waals surface area contributed by atoms with Crippen LogP contribution in [0.15, 0.2) is 127 Å². The first-order chi connectivity index (χ1) is 19.0. The fourth-order valence-corrected chi connectivity index (χ4v) is 6.62. The van der Waals surface area contributed by atoms with Gasteiger partial charge >= 0.3 is 0 Å². The molecule has 2 heteroatoms. The fourth-order valence-electron chi connectivity index (χ4n) is 6.62. The van der Waals surface area contributed by atoms with E-state index in [4.69, 9.17) is 4.74 Å². The molecule has 0 fully saturated rings. The summed E-state index contributed by atoms with van der Waals surface area (Å²) in [5, 5.41) is 0. The number of benzene rings is 5. The van der Waals surface area contributed by atoms with E-state index in [1.165, 1.54) is 44.6 Å². The van der Waals surface area contributed by atoms with Gasteiger partial charge in [-0.1, -0.05) is 109 Å². The van der Waals surface area contributed by atoms with Gasteiger partial charge in [0, 0.05) is 18.2 Å². The van der Waals surface area contributed by atoms with Crippen LogP contribution in [-0.2, 0) is 5.41 Å². The molecule has 5 aromatic carbocycles. The number of para-hydroxylation sites is 1. The largest absolute Gasteiger partial charge is 0.463 e. The number of rotatable bonds is 3. The maximum atomic E-state index is 7.06. The SMILES string of the molecule is CN1c2c(-c3ccccc3)c(-c3ccccc3)cc(-c3ccccc3)c2C(C)(C)C12C=Cc1ccccc1O2. The first kappa shape index (κ1) is 23.5. The molecule has 2 nitrogen and oxygen atoms in total. The molecule has 2 heterocycles. The predicted molar refractivity (Wildman–Crippen MR) is 163 cm³/mol. The van der Waals surface area contributed by atoms with E-state index in [2.05, 4.69) is 159 Å². The molecule has 1 spiro atoms. The topological polar surface area (TPSA) is 12.5 Å². The van der Waals surface area contributed by atoms with Crippen LogP contribution in [0.4, 0.5) is 5.69 Å². The molecule has 5 aromatic rings. The highest BCUT2D eigenvalue weighted by atomic mass is 16.5. The van der Waals surface area contributed by atoms with E-state index in [0.29, 0.717) is 0 Å². The van der Waals surface area contributed by atoms with Crippen LogP contribution in [0.1, 0.15) is 25.0 Å². The van der Waals surface area contributed by atoms with Crippen molar-refractivity contribution in [1.29, 1.82) is 0 Å². The van der Waals surface area contributed by atoms with Gasteiger partial charge in [0.05, 0.1) is 11.1 Å². The zero-order valence-electron chi connectivity index (χ0n) is 22.6. The summed E-state index contributed by atoms with van der Waals surface area (Å²) in [7, 11) is 2.20. The van der Waals surface area contributed by atoms with Crippen molar-refractivity contribution in [2.24, 2.45) is 0 Å². The molecule has 0 bridgehead atoms. The fraction of sp³-hybridized carbons (Fsp3) is 0.135. The molecule has 1 unspecified atom stereocenters. The third-order valence-corrected chi connectivity index (χ3v) is 8.56. The third kappa shape index (κ3) is 3.41. The highest BCUT2D eigenvalue weighted by Crippen LogP contribution is 2.61. The molecular formula is C37H31NO. The molecule has 0 aliphatic carbocycles. The Labute approximate surface area is 230 Å². The summed E-state index contributed by atoms with van der Waals surface area (Å²) in [6, 6.07) is 43.1. The molecule has 0 saturated heterocycles. The Hall–Kier alpha value is -4.56. The number of likely N-dealkylation sites (N-methyl/N-ethyl adjacent to an activating group) is 1. The van der Waals surface area contributed by atoms with Crippen molar-refractivity contribution in [3.8, 4) is 39.1 Å². The average molecular weight is 506 g/mol. The summed E-state index contributed by atoms with van der Waals surface area (Å²) in [6.45, 7) is 4.66. The van der Waals surface area contributed by atoms with Crippen LogP contribution in [0, 0.1) is 0 Å². The van der Waals surface area contributed by atoms with E-state index in [0.717, 1.165) is 11.3 Å². The van der Waals surface area contributed by atoms with Crippen molar-refractivity contribution >= 4 is 11.8 Å². The van der Waals surface area contributed by atoms with Crippen molar-refractivity contribution in [2.75, 3.05) is 11.9 Å². The van der Waals surface area contributed by atoms with Gasteiger partial charge in [-0.15, -0.1) is 0 Å². The summed E-state index contributed by atoms with van der Waals surface area (Å²) in [6.07, 6.45) is 4.49. The average Bonchev–Trinajstić information content (AvgIpc) is 3.15. The van der Waals surface area contributed by atoms with Gasteiger partial charge in [0.1, 0.15) is 5.75 Å². The van der Waals surface area contributed by atoms with Crippen LogP contribution < -0.4 is 9.64 Å². The van der Waals surface area contributed by atoms with Gasteiger partial charge in [-0.05, 0) is 71.5 Å². The predicted octanol–water partition coefficient (Wildman–Crippen LogP) is 9.22. The van der Waals surface area contributed by atoms with Gasteiger partial charge in [0.25, 0.3) is 0 Å². The van der Waals surface area contributed by atoms with Crippen molar-refractivity contribution in [3.05, 3.63) is 139 Å². The minimum Gasteiger partial charge on any atom is -0.463 e. The smallest absolute Gasteiger partial charge is 0.211 e. The van der Waals surface area contributed by atoms with Gasteiger partial charge in [0.15, 0.2) is 0 Å². The second-order valence-corrected chi connectivity index (χ2v) is 11.0. The lowest BCUT2D eigenvalue weighted by Gasteiger charge is -2.46. The Morgan fingerprint density at radius 1 is 0.615 bits per heavy atom. The van der Waals surface area contributed by atoms with Crippen LogP contribution in [0.25, 0.3) is 39.5 Å². The lowest BCUT2D eigenvalue weighted by atomic mass is 9.72. The normalized spacial score (nSPS) is 18.5. The first-order valence-electron chi connectivity index (χ1n) is 13.6. The zero-order chi connectivity index (χ0) is 26.6. The second kappa shape index (κ2) is 8.74. The number of ether oxygens (including phenoxy) is 1. The molecule has 0 amide bonds. The first-order valence-corrected chi connectivity index (χ1v) is 13.6. The van der Waals surface area contributed by atoms with Gasteiger partial charge in [-0.3, -0.25) is 0 Å². The van der Waals surface area contributed by atoms with E-state index in [1.807, 2.05) is 0 Å². The monoisotopic (exact) mass is 505 g/mol. The third-order valence-electron chi connectivity index (χ3n) is 8.56. The Balaban J connectivity index is 1.60. The van der Waals surface area contributed by atoms with Crippen molar-refractivity contribution < 1.29 is 4.74 Å². The Morgan fingerprint density at radius 3 is 1.79 bits per heavy atom. The number of hydrogen-bond donors (Lipinski definition) is 0. The van der Waals surface area contributed by atoms with Crippen LogP contribution in [0.3, 0.4) is 0 Å². The molecule has 39 heavy (non-hydrogen) atoms. The van der Waals surface area contributed by atoms with E-state index < -0.39 is 5.72 Å². The molecule has 0 aromatic heterocycles. The molecule has 2 aliphatic rings. The lowest BCUT2D eigenvalue weighted by molar-refractivity contribution is 0.0584. The van der Waals surface area contributed by atoms with Gasteiger partial charge < -0.3 is 9.64 Å². The second-order valence-electron chi connectivity index (χ2n) is 11.0. The van der Waals surface area contributed by atoms with Crippen molar-refractivity contribution in [1.82, 2.24) is 0 Å². The molecule has 190 valence electrons. The molecule has 7 rings (SSSR count). The quantitative estimate of drug-likeness (QED) is 0.242. The van der Waals surface area contributed by atoms with Gasteiger partial charge in [-0.2, -0.15) is 0 Å². The standard InChI is InChI=1S/C37H31NO/c1-36(2)34-31(27-17-9-5-10-18-27)25-30(26-15-7-4-8-16-26)33(29-20-11-6-12-21-29)35(34)38(3)37(36)24-23-28-19-13-14-22-32(28)39-37/h4-25H,1-3H3. The Kier molecular flexibility index (Phi) is 5.28. The molecule has 0 radical (unpaired) electrons. The number of hydrogen-bond acceptors (Lipinski definition) is 2. The zero-order valence-corrected chi connectivity index (χ0v) is 22.6.